The molecular formula is C10H15NO3. The van der Waals surface area contributed by atoms with Crippen LogP contribution in [-0.4, -0.2) is 22.3 Å². The van der Waals surface area contributed by atoms with Crippen LogP contribution in [-0.2, 0) is 9.53 Å². The quantitative estimate of drug-likeness (QED) is 0.636. The molecule has 4 nitrogen and oxygen atoms in total. The van der Waals surface area contributed by atoms with Gasteiger partial charge in [-0.25, -0.2) is 0 Å². The summed E-state index contributed by atoms with van der Waals surface area (Å²) in [6.07, 6.45) is 0.249. The topological polar surface area (TPSA) is 70.3 Å². The third kappa shape index (κ3) is 0.934. The molecule has 1 aliphatic heterocycles. The summed E-state index contributed by atoms with van der Waals surface area (Å²) in [5.41, 5.74) is -3.91. The number of hydrogen-bond acceptors (Lipinski definition) is 4. The largest absolute Gasteiger partial charge is 0.455 e. The number of ether oxygens (including phenoxy) is 1. The van der Waals surface area contributed by atoms with E-state index in [4.69, 9.17) is 10.00 Å². The van der Waals surface area contributed by atoms with E-state index in [0.717, 1.165) is 0 Å². The second-order valence-electron chi connectivity index (χ2n) is 4.34. The highest BCUT2D eigenvalue weighted by Crippen LogP contribution is 2.50. The van der Waals surface area contributed by atoms with Gasteiger partial charge in [-0.2, -0.15) is 5.26 Å². The fourth-order valence-electron chi connectivity index (χ4n) is 1.85. The van der Waals surface area contributed by atoms with Gasteiger partial charge >= 0.3 is 5.97 Å². The average Bonchev–Trinajstić information content (AvgIpc) is 2.17. The van der Waals surface area contributed by atoms with Crippen molar-refractivity contribution in [1.29, 1.82) is 5.26 Å². The lowest BCUT2D eigenvalue weighted by Gasteiger charge is -2.36. The SMILES string of the molecule is CCC1(C#N)C(=O)OC(C)(C)C1(C)O. The van der Waals surface area contributed by atoms with E-state index >= 15 is 0 Å². The van der Waals surface area contributed by atoms with Crippen molar-refractivity contribution in [2.45, 2.75) is 45.3 Å². The minimum atomic E-state index is -1.46. The average molecular weight is 197 g/mol. The van der Waals surface area contributed by atoms with E-state index in [-0.39, 0.29) is 6.42 Å². The van der Waals surface area contributed by atoms with Gasteiger partial charge in [0.05, 0.1) is 6.07 Å². The van der Waals surface area contributed by atoms with Crippen LogP contribution in [0.4, 0.5) is 0 Å². The van der Waals surface area contributed by atoms with Crippen molar-refractivity contribution in [2.75, 3.05) is 0 Å². The first kappa shape index (κ1) is 11.0. The van der Waals surface area contributed by atoms with E-state index in [2.05, 4.69) is 0 Å². The standard InChI is InChI=1S/C10H15NO3/c1-5-10(6-11)7(12)14-8(2,3)9(10,4)13/h13H,5H2,1-4H3. The van der Waals surface area contributed by atoms with Gasteiger partial charge in [-0.1, -0.05) is 6.92 Å². The molecule has 0 bridgehead atoms. The molecule has 0 aromatic carbocycles. The summed E-state index contributed by atoms with van der Waals surface area (Å²) >= 11 is 0. The molecule has 1 saturated heterocycles. The highest BCUT2D eigenvalue weighted by atomic mass is 16.6. The Morgan fingerprint density at radius 2 is 2.00 bits per heavy atom. The molecule has 0 saturated carbocycles. The minimum absolute atomic E-state index is 0.249. The van der Waals surface area contributed by atoms with Gasteiger partial charge in [0.1, 0.15) is 11.2 Å². The van der Waals surface area contributed by atoms with Gasteiger partial charge in [-0.3, -0.25) is 4.79 Å². The zero-order valence-corrected chi connectivity index (χ0v) is 8.92. The summed E-state index contributed by atoms with van der Waals surface area (Å²) in [6.45, 7) is 6.39. The molecule has 0 amide bonds. The van der Waals surface area contributed by atoms with Crippen molar-refractivity contribution in [3.05, 3.63) is 0 Å². The molecule has 0 aromatic rings. The maximum absolute atomic E-state index is 11.6. The molecule has 2 unspecified atom stereocenters. The lowest BCUT2D eigenvalue weighted by atomic mass is 9.67. The van der Waals surface area contributed by atoms with Crippen LogP contribution in [0.1, 0.15) is 34.1 Å². The third-order valence-electron chi connectivity index (χ3n) is 3.42. The molecule has 1 heterocycles. The maximum Gasteiger partial charge on any atom is 0.330 e. The summed E-state index contributed by atoms with van der Waals surface area (Å²) in [4.78, 5) is 11.6. The Labute approximate surface area is 83.5 Å². The van der Waals surface area contributed by atoms with Crippen LogP contribution in [0, 0.1) is 16.7 Å². The predicted octanol–water partition coefficient (Wildman–Crippen LogP) is 0.993. The fourth-order valence-corrected chi connectivity index (χ4v) is 1.85. The van der Waals surface area contributed by atoms with Crippen molar-refractivity contribution < 1.29 is 14.6 Å². The molecular weight excluding hydrogens is 182 g/mol. The lowest BCUT2D eigenvalue weighted by molar-refractivity contribution is -0.151. The van der Waals surface area contributed by atoms with Gasteiger partial charge in [-0.15, -0.1) is 0 Å². The highest BCUT2D eigenvalue weighted by molar-refractivity contribution is 5.85. The van der Waals surface area contributed by atoms with Crippen LogP contribution in [0.5, 0.6) is 0 Å². The van der Waals surface area contributed by atoms with E-state index in [1.54, 1.807) is 20.8 Å². The molecule has 1 fully saturated rings. The summed E-state index contributed by atoms with van der Waals surface area (Å²) in [6, 6.07) is 1.90. The molecule has 4 heteroatoms. The van der Waals surface area contributed by atoms with E-state index in [1.165, 1.54) is 6.92 Å². The zero-order valence-electron chi connectivity index (χ0n) is 8.92. The Balaban J connectivity index is 3.35. The first-order valence-corrected chi connectivity index (χ1v) is 4.62. The van der Waals surface area contributed by atoms with Crippen LogP contribution >= 0.6 is 0 Å². The number of nitriles is 1. The van der Waals surface area contributed by atoms with Crippen molar-refractivity contribution in [3.63, 3.8) is 0 Å². The molecule has 1 aliphatic rings. The Hall–Kier alpha value is -1.08. The third-order valence-corrected chi connectivity index (χ3v) is 3.42. The zero-order chi connectivity index (χ0) is 11.2. The fraction of sp³-hybridized carbons (Fsp3) is 0.800. The van der Waals surface area contributed by atoms with E-state index < -0.39 is 22.6 Å². The van der Waals surface area contributed by atoms with Gasteiger partial charge in [0.2, 0.25) is 0 Å². The van der Waals surface area contributed by atoms with Crippen LogP contribution in [0.3, 0.4) is 0 Å². The van der Waals surface area contributed by atoms with Crippen molar-refractivity contribution in [2.24, 2.45) is 5.41 Å². The predicted molar refractivity (Wildman–Crippen MR) is 49.1 cm³/mol. The summed E-state index contributed by atoms with van der Waals surface area (Å²) in [5, 5.41) is 19.3. The number of hydrogen-bond donors (Lipinski definition) is 1. The van der Waals surface area contributed by atoms with Crippen molar-refractivity contribution in [3.8, 4) is 6.07 Å². The first-order chi connectivity index (χ1) is 6.25. The molecule has 78 valence electrons. The number of nitrogens with zero attached hydrogens (tertiary/aromatic N) is 1. The second kappa shape index (κ2) is 2.71. The van der Waals surface area contributed by atoms with E-state index in [9.17, 15) is 9.90 Å². The molecule has 0 radical (unpaired) electrons. The van der Waals surface area contributed by atoms with Crippen LogP contribution in [0.2, 0.25) is 0 Å². The molecule has 1 rings (SSSR count). The van der Waals surface area contributed by atoms with Gasteiger partial charge in [-0.05, 0) is 27.2 Å². The van der Waals surface area contributed by atoms with E-state index in [0.29, 0.717) is 0 Å². The Bertz CT molecular complexity index is 314. The number of carbonyl (C=O) groups excluding carboxylic acids is 1. The minimum Gasteiger partial charge on any atom is -0.455 e. The number of esters is 1. The van der Waals surface area contributed by atoms with Crippen molar-refractivity contribution in [1.82, 2.24) is 0 Å². The highest BCUT2D eigenvalue weighted by Gasteiger charge is 2.68. The Morgan fingerprint density at radius 3 is 2.14 bits per heavy atom. The smallest absolute Gasteiger partial charge is 0.330 e. The van der Waals surface area contributed by atoms with Gasteiger partial charge in [0.25, 0.3) is 0 Å². The lowest BCUT2D eigenvalue weighted by Crippen LogP contribution is -2.53. The van der Waals surface area contributed by atoms with Crippen molar-refractivity contribution >= 4 is 5.97 Å². The number of rotatable bonds is 1. The van der Waals surface area contributed by atoms with Crippen LogP contribution in [0.25, 0.3) is 0 Å². The van der Waals surface area contributed by atoms with Crippen LogP contribution < -0.4 is 0 Å². The van der Waals surface area contributed by atoms with E-state index in [1.807, 2.05) is 6.07 Å². The summed E-state index contributed by atoms with van der Waals surface area (Å²) in [5.74, 6) is -0.627. The summed E-state index contributed by atoms with van der Waals surface area (Å²) in [7, 11) is 0. The monoisotopic (exact) mass is 197 g/mol. The molecule has 0 aromatic heterocycles. The second-order valence-corrected chi connectivity index (χ2v) is 4.34. The normalized spacial score (nSPS) is 40.4. The molecule has 1 N–H and O–H groups in total. The Morgan fingerprint density at radius 1 is 1.50 bits per heavy atom. The van der Waals surface area contributed by atoms with Gasteiger partial charge < -0.3 is 9.84 Å². The molecule has 2 atom stereocenters. The number of carbonyl (C=O) groups is 1. The number of aliphatic hydroxyl groups is 1. The Kier molecular flexibility index (Phi) is 2.13. The van der Waals surface area contributed by atoms with Gasteiger partial charge in [0, 0.05) is 0 Å². The molecule has 0 aliphatic carbocycles. The summed E-state index contributed by atoms with van der Waals surface area (Å²) < 4.78 is 5.05. The number of cyclic esters (lactones) is 1. The van der Waals surface area contributed by atoms with Gasteiger partial charge in [0.15, 0.2) is 5.41 Å². The molecule has 0 spiro atoms. The van der Waals surface area contributed by atoms with Crippen LogP contribution in [0.15, 0.2) is 0 Å². The molecule has 14 heavy (non-hydrogen) atoms. The maximum atomic E-state index is 11.6. The first-order valence-electron chi connectivity index (χ1n) is 4.62.